The molecule has 1 aliphatic carbocycles. The van der Waals surface area contributed by atoms with Crippen molar-refractivity contribution in [2.45, 2.75) is 64.5 Å². The van der Waals surface area contributed by atoms with E-state index in [1.165, 1.54) is 0 Å². The van der Waals surface area contributed by atoms with Gasteiger partial charge in [-0.05, 0) is 45.4 Å². The summed E-state index contributed by atoms with van der Waals surface area (Å²) in [4.78, 5) is 49.3. The molecule has 0 bridgehead atoms. The minimum atomic E-state index is -0.849. The number of urea groups is 1. The molecule has 5 amide bonds. The SMILES string of the molecule is CCC1CCC2(CC1)NC(=O)N(CC(=O)NCC(=O)NC(C)C)C2=O. The maximum atomic E-state index is 12.7. The van der Waals surface area contributed by atoms with Crippen LogP contribution in [0.15, 0.2) is 0 Å². The predicted molar refractivity (Wildman–Crippen MR) is 91.5 cm³/mol. The van der Waals surface area contributed by atoms with Gasteiger partial charge < -0.3 is 16.0 Å². The minimum Gasteiger partial charge on any atom is -0.352 e. The molecule has 0 aromatic carbocycles. The Morgan fingerprint density at radius 1 is 1.24 bits per heavy atom. The van der Waals surface area contributed by atoms with Crippen molar-refractivity contribution in [3.05, 3.63) is 0 Å². The Morgan fingerprint density at radius 2 is 1.88 bits per heavy atom. The molecule has 1 saturated carbocycles. The van der Waals surface area contributed by atoms with E-state index in [4.69, 9.17) is 0 Å². The van der Waals surface area contributed by atoms with E-state index in [0.717, 1.165) is 24.2 Å². The average molecular weight is 352 g/mol. The van der Waals surface area contributed by atoms with Crippen LogP contribution in [0.3, 0.4) is 0 Å². The Morgan fingerprint density at radius 3 is 2.44 bits per heavy atom. The molecule has 1 heterocycles. The topological polar surface area (TPSA) is 108 Å². The molecule has 1 spiro atoms. The summed E-state index contributed by atoms with van der Waals surface area (Å²) in [5.41, 5.74) is -0.849. The van der Waals surface area contributed by atoms with Gasteiger partial charge >= 0.3 is 6.03 Å². The second-order valence-corrected chi connectivity index (χ2v) is 7.25. The molecule has 1 aliphatic heterocycles. The second-order valence-electron chi connectivity index (χ2n) is 7.25. The standard InChI is InChI=1S/C17H28N4O4/c1-4-12-5-7-17(8-6-12)15(24)21(16(25)20-17)10-14(23)18-9-13(22)19-11(2)3/h11-12H,4-10H2,1-3H3,(H,18,23)(H,19,22)(H,20,25). The van der Waals surface area contributed by atoms with Crippen LogP contribution in [0.5, 0.6) is 0 Å². The van der Waals surface area contributed by atoms with E-state index >= 15 is 0 Å². The third kappa shape index (κ3) is 4.49. The normalized spacial score (nSPS) is 26.1. The van der Waals surface area contributed by atoms with Crippen LogP contribution in [0.1, 0.15) is 52.9 Å². The number of hydrogen-bond donors (Lipinski definition) is 3. The molecule has 1 saturated heterocycles. The molecule has 2 rings (SSSR count). The van der Waals surface area contributed by atoms with Gasteiger partial charge in [-0.15, -0.1) is 0 Å². The van der Waals surface area contributed by atoms with Crippen LogP contribution in [0.2, 0.25) is 0 Å². The molecule has 2 aliphatic rings. The first-order valence-electron chi connectivity index (χ1n) is 8.97. The summed E-state index contributed by atoms with van der Waals surface area (Å²) < 4.78 is 0. The van der Waals surface area contributed by atoms with E-state index in [-0.39, 0.29) is 30.9 Å². The number of nitrogens with zero attached hydrogens (tertiary/aromatic N) is 1. The fourth-order valence-electron chi connectivity index (χ4n) is 3.49. The van der Waals surface area contributed by atoms with Gasteiger partial charge in [0.1, 0.15) is 12.1 Å². The van der Waals surface area contributed by atoms with Crippen molar-refractivity contribution in [1.82, 2.24) is 20.9 Å². The number of carbonyl (C=O) groups is 4. The van der Waals surface area contributed by atoms with Crippen molar-refractivity contribution in [3.63, 3.8) is 0 Å². The molecule has 0 aromatic heterocycles. The Labute approximate surface area is 148 Å². The first kappa shape index (κ1) is 19.2. The lowest BCUT2D eigenvalue weighted by atomic mass is 9.75. The van der Waals surface area contributed by atoms with Gasteiger partial charge in [0.05, 0.1) is 6.54 Å². The largest absolute Gasteiger partial charge is 0.352 e. The van der Waals surface area contributed by atoms with E-state index in [1.807, 2.05) is 13.8 Å². The van der Waals surface area contributed by atoms with Crippen LogP contribution in [-0.4, -0.2) is 53.3 Å². The smallest absolute Gasteiger partial charge is 0.325 e. The van der Waals surface area contributed by atoms with Crippen molar-refractivity contribution in [1.29, 1.82) is 0 Å². The fraction of sp³-hybridized carbons (Fsp3) is 0.765. The fourth-order valence-corrected chi connectivity index (χ4v) is 3.49. The molecule has 8 heteroatoms. The summed E-state index contributed by atoms with van der Waals surface area (Å²) >= 11 is 0. The second kappa shape index (κ2) is 7.84. The molecule has 0 aromatic rings. The van der Waals surface area contributed by atoms with Crippen molar-refractivity contribution >= 4 is 23.8 Å². The van der Waals surface area contributed by atoms with Crippen molar-refractivity contribution in [2.75, 3.05) is 13.1 Å². The van der Waals surface area contributed by atoms with Gasteiger partial charge in [0.2, 0.25) is 11.8 Å². The number of imide groups is 1. The first-order chi connectivity index (χ1) is 11.8. The van der Waals surface area contributed by atoms with Gasteiger partial charge in [-0.3, -0.25) is 19.3 Å². The van der Waals surface area contributed by atoms with Gasteiger partial charge in [0.15, 0.2) is 0 Å². The number of carbonyl (C=O) groups excluding carboxylic acids is 4. The molecule has 140 valence electrons. The van der Waals surface area contributed by atoms with E-state index in [0.29, 0.717) is 18.8 Å². The Balaban J connectivity index is 1.88. The molecule has 8 nitrogen and oxygen atoms in total. The minimum absolute atomic E-state index is 0.0200. The van der Waals surface area contributed by atoms with Crippen molar-refractivity contribution in [3.8, 4) is 0 Å². The average Bonchev–Trinajstić information content (AvgIpc) is 2.77. The number of nitrogens with one attached hydrogen (secondary N) is 3. The monoisotopic (exact) mass is 352 g/mol. The Bertz CT molecular complexity index is 553. The van der Waals surface area contributed by atoms with E-state index in [2.05, 4.69) is 22.9 Å². The maximum Gasteiger partial charge on any atom is 0.325 e. The van der Waals surface area contributed by atoms with Crippen LogP contribution < -0.4 is 16.0 Å². The molecular weight excluding hydrogens is 324 g/mol. The zero-order chi connectivity index (χ0) is 18.6. The van der Waals surface area contributed by atoms with E-state index in [1.54, 1.807) is 0 Å². The highest BCUT2D eigenvalue weighted by atomic mass is 16.2. The van der Waals surface area contributed by atoms with Gasteiger partial charge in [-0.2, -0.15) is 0 Å². The van der Waals surface area contributed by atoms with Gasteiger partial charge in [-0.1, -0.05) is 13.3 Å². The summed E-state index contributed by atoms with van der Waals surface area (Å²) in [6.45, 7) is 5.23. The number of rotatable bonds is 6. The van der Waals surface area contributed by atoms with Crippen LogP contribution >= 0.6 is 0 Å². The Hall–Kier alpha value is -2.12. The molecule has 25 heavy (non-hydrogen) atoms. The summed E-state index contributed by atoms with van der Waals surface area (Å²) in [6, 6.07) is -0.546. The van der Waals surface area contributed by atoms with Crippen LogP contribution in [0, 0.1) is 5.92 Å². The van der Waals surface area contributed by atoms with E-state index in [9.17, 15) is 19.2 Å². The predicted octanol–water partition coefficient (Wildman–Crippen LogP) is 0.518. The lowest BCUT2D eigenvalue weighted by Gasteiger charge is -2.34. The van der Waals surface area contributed by atoms with Crippen LogP contribution in [0.4, 0.5) is 4.79 Å². The third-order valence-corrected chi connectivity index (χ3v) is 4.98. The number of hydrogen-bond acceptors (Lipinski definition) is 4. The lowest BCUT2D eigenvalue weighted by Crippen LogP contribution is -2.50. The van der Waals surface area contributed by atoms with Crippen molar-refractivity contribution in [2.24, 2.45) is 5.92 Å². The third-order valence-electron chi connectivity index (χ3n) is 4.98. The van der Waals surface area contributed by atoms with Gasteiger partial charge in [0.25, 0.3) is 5.91 Å². The summed E-state index contributed by atoms with van der Waals surface area (Å²) in [5.74, 6) is -0.572. The van der Waals surface area contributed by atoms with Crippen LogP contribution in [0.25, 0.3) is 0 Å². The van der Waals surface area contributed by atoms with E-state index < -0.39 is 17.5 Å². The quantitative estimate of drug-likeness (QED) is 0.606. The summed E-state index contributed by atoms with van der Waals surface area (Å²) in [7, 11) is 0. The highest BCUT2D eigenvalue weighted by Crippen LogP contribution is 2.37. The lowest BCUT2D eigenvalue weighted by molar-refractivity contribution is -0.136. The molecule has 0 radical (unpaired) electrons. The maximum absolute atomic E-state index is 12.7. The summed E-state index contributed by atoms with van der Waals surface area (Å²) in [5, 5.41) is 7.88. The molecule has 0 unspecified atom stereocenters. The van der Waals surface area contributed by atoms with Gasteiger partial charge in [-0.25, -0.2) is 4.79 Å². The Kier molecular flexibility index (Phi) is 6.02. The molecule has 2 fully saturated rings. The molecule has 0 atom stereocenters. The summed E-state index contributed by atoms with van der Waals surface area (Å²) in [6.07, 6.45) is 4.11. The van der Waals surface area contributed by atoms with Crippen LogP contribution in [-0.2, 0) is 14.4 Å². The highest BCUT2D eigenvalue weighted by molar-refractivity contribution is 6.09. The van der Waals surface area contributed by atoms with Crippen molar-refractivity contribution < 1.29 is 19.2 Å². The molecular formula is C17H28N4O4. The molecule has 3 N–H and O–H groups in total. The zero-order valence-corrected chi connectivity index (χ0v) is 15.2. The zero-order valence-electron chi connectivity index (χ0n) is 15.2. The highest BCUT2D eigenvalue weighted by Gasteiger charge is 2.52. The van der Waals surface area contributed by atoms with Gasteiger partial charge in [0, 0.05) is 6.04 Å². The number of amides is 5. The first-order valence-corrected chi connectivity index (χ1v) is 8.97.